The molecule has 4 nitrogen and oxygen atoms in total. The van der Waals surface area contributed by atoms with Crippen LogP contribution in [0.15, 0.2) is 12.2 Å². The van der Waals surface area contributed by atoms with Crippen LogP contribution in [0.5, 0.6) is 0 Å². The van der Waals surface area contributed by atoms with E-state index in [1.165, 1.54) is 0 Å². The molecule has 18 heavy (non-hydrogen) atoms. The molecule has 0 aromatic heterocycles. The third kappa shape index (κ3) is 9.10. The summed E-state index contributed by atoms with van der Waals surface area (Å²) in [5, 5.41) is 11.5. The second-order valence-electron chi connectivity index (χ2n) is 4.50. The lowest BCUT2D eigenvalue weighted by molar-refractivity contribution is -0.141. The molecule has 0 aliphatic carbocycles. The van der Waals surface area contributed by atoms with Gasteiger partial charge in [-0.05, 0) is 31.4 Å². The summed E-state index contributed by atoms with van der Waals surface area (Å²) in [6.45, 7) is 6.10. The Balaban J connectivity index is 3.91. The van der Waals surface area contributed by atoms with Crippen molar-refractivity contribution in [2.24, 2.45) is 5.92 Å². The Morgan fingerprint density at radius 2 is 2.06 bits per heavy atom. The topological polar surface area (TPSA) is 66.4 Å². The molecule has 5 heteroatoms. The van der Waals surface area contributed by atoms with Gasteiger partial charge in [-0.25, -0.2) is 4.79 Å². The fraction of sp³-hybridized carbons (Fsp3) is 0.692. The molecule has 0 saturated heterocycles. The van der Waals surface area contributed by atoms with Crippen LogP contribution in [-0.2, 0) is 9.59 Å². The van der Waals surface area contributed by atoms with Crippen molar-refractivity contribution < 1.29 is 14.7 Å². The molecular weight excluding hydrogens is 250 g/mol. The maximum atomic E-state index is 11.5. The second kappa shape index (κ2) is 10.00. The third-order valence-electron chi connectivity index (χ3n) is 2.31. The van der Waals surface area contributed by atoms with Crippen LogP contribution in [0.1, 0.15) is 33.6 Å². The van der Waals surface area contributed by atoms with E-state index in [1.807, 2.05) is 6.92 Å². The first kappa shape index (κ1) is 17.0. The Morgan fingerprint density at radius 3 is 2.56 bits per heavy atom. The van der Waals surface area contributed by atoms with Crippen molar-refractivity contribution in [2.45, 2.75) is 39.7 Å². The molecular formula is C13H23NO3S. The highest BCUT2D eigenvalue weighted by molar-refractivity contribution is 7.99. The van der Waals surface area contributed by atoms with Crippen molar-refractivity contribution in [1.82, 2.24) is 5.32 Å². The minimum Gasteiger partial charge on any atom is -0.480 e. The van der Waals surface area contributed by atoms with E-state index in [9.17, 15) is 9.59 Å². The summed E-state index contributed by atoms with van der Waals surface area (Å²) in [4.78, 5) is 22.5. The first-order valence-corrected chi connectivity index (χ1v) is 7.33. The van der Waals surface area contributed by atoms with Crippen LogP contribution < -0.4 is 5.32 Å². The van der Waals surface area contributed by atoms with Crippen LogP contribution in [0.3, 0.4) is 0 Å². The lowest BCUT2D eigenvalue weighted by Crippen LogP contribution is -2.41. The van der Waals surface area contributed by atoms with Gasteiger partial charge in [-0.3, -0.25) is 4.79 Å². The van der Waals surface area contributed by atoms with Gasteiger partial charge in [0.15, 0.2) is 0 Å². The summed E-state index contributed by atoms with van der Waals surface area (Å²) in [5.74, 6) is 0.681. The van der Waals surface area contributed by atoms with E-state index < -0.39 is 12.0 Å². The highest BCUT2D eigenvalue weighted by atomic mass is 32.2. The number of amides is 1. The average Bonchev–Trinajstić information content (AvgIpc) is 2.29. The van der Waals surface area contributed by atoms with E-state index in [0.717, 1.165) is 12.2 Å². The zero-order valence-electron chi connectivity index (χ0n) is 11.3. The number of carbonyl (C=O) groups excluding carboxylic acids is 1. The van der Waals surface area contributed by atoms with Crippen LogP contribution in [0.2, 0.25) is 0 Å². The number of carboxylic acids is 1. The van der Waals surface area contributed by atoms with Gasteiger partial charge in [0.1, 0.15) is 6.04 Å². The smallest absolute Gasteiger partial charge is 0.326 e. The van der Waals surface area contributed by atoms with Gasteiger partial charge in [0.2, 0.25) is 5.91 Å². The van der Waals surface area contributed by atoms with Gasteiger partial charge in [-0.2, -0.15) is 11.8 Å². The molecule has 0 rings (SSSR count). The Kier molecular flexibility index (Phi) is 9.46. The molecule has 1 atom stereocenters. The summed E-state index contributed by atoms with van der Waals surface area (Å²) >= 11 is 1.54. The number of rotatable bonds is 9. The predicted octanol–water partition coefficient (Wildman–Crippen LogP) is 2.30. The third-order valence-corrected chi connectivity index (χ3v) is 3.30. The average molecular weight is 273 g/mol. The molecule has 2 N–H and O–H groups in total. The fourth-order valence-electron chi connectivity index (χ4n) is 1.21. The van der Waals surface area contributed by atoms with E-state index in [2.05, 4.69) is 19.2 Å². The van der Waals surface area contributed by atoms with Gasteiger partial charge < -0.3 is 10.4 Å². The van der Waals surface area contributed by atoms with Crippen LogP contribution >= 0.6 is 11.8 Å². The molecule has 0 bridgehead atoms. The number of thioether (sulfide) groups is 1. The summed E-state index contributed by atoms with van der Waals surface area (Å²) in [7, 11) is 0. The Labute approximate surface area is 113 Å². The summed E-state index contributed by atoms with van der Waals surface area (Å²) in [6.07, 6.45) is 4.91. The Bertz CT molecular complexity index is 290. The highest BCUT2D eigenvalue weighted by Crippen LogP contribution is 2.08. The van der Waals surface area contributed by atoms with Crippen molar-refractivity contribution in [3.05, 3.63) is 12.2 Å². The summed E-state index contributed by atoms with van der Waals surface area (Å²) < 4.78 is 0. The van der Waals surface area contributed by atoms with E-state index >= 15 is 0 Å². The second-order valence-corrected chi connectivity index (χ2v) is 5.60. The molecule has 0 aliphatic heterocycles. The van der Waals surface area contributed by atoms with Gasteiger partial charge in [0, 0.05) is 0 Å². The van der Waals surface area contributed by atoms with Crippen LogP contribution in [0.4, 0.5) is 0 Å². The van der Waals surface area contributed by atoms with Crippen LogP contribution in [0, 0.1) is 5.92 Å². The SMILES string of the molecule is C/C=C/CC(NC(=O)CSCCC(C)C)C(=O)O. The van der Waals surface area contributed by atoms with Crippen LogP contribution in [0.25, 0.3) is 0 Å². The summed E-state index contributed by atoms with van der Waals surface area (Å²) in [6, 6.07) is -0.820. The van der Waals surface area contributed by atoms with Crippen molar-refractivity contribution >= 4 is 23.6 Å². The molecule has 0 aromatic carbocycles. The van der Waals surface area contributed by atoms with Gasteiger partial charge in [-0.1, -0.05) is 26.0 Å². The molecule has 0 saturated carbocycles. The van der Waals surface area contributed by atoms with Crippen molar-refractivity contribution in [3.8, 4) is 0 Å². The molecule has 104 valence electrons. The normalized spacial score (nSPS) is 12.9. The van der Waals surface area contributed by atoms with Crippen molar-refractivity contribution in [1.29, 1.82) is 0 Å². The highest BCUT2D eigenvalue weighted by Gasteiger charge is 2.17. The molecule has 0 spiro atoms. The van der Waals surface area contributed by atoms with Crippen molar-refractivity contribution in [2.75, 3.05) is 11.5 Å². The number of allylic oxidation sites excluding steroid dienone is 1. The lowest BCUT2D eigenvalue weighted by atomic mass is 10.2. The first-order valence-electron chi connectivity index (χ1n) is 6.18. The van der Waals surface area contributed by atoms with Gasteiger partial charge in [0.25, 0.3) is 0 Å². The lowest BCUT2D eigenvalue weighted by Gasteiger charge is -2.12. The van der Waals surface area contributed by atoms with E-state index in [4.69, 9.17) is 5.11 Å². The van der Waals surface area contributed by atoms with Gasteiger partial charge >= 0.3 is 5.97 Å². The minimum atomic E-state index is -0.992. The molecule has 0 heterocycles. The molecule has 0 fully saturated rings. The van der Waals surface area contributed by atoms with Gasteiger partial charge in [0.05, 0.1) is 5.75 Å². The predicted molar refractivity (Wildman–Crippen MR) is 75.8 cm³/mol. The minimum absolute atomic E-state index is 0.208. The number of hydrogen-bond acceptors (Lipinski definition) is 3. The largest absolute Gasteiger partial charge is 0.480 e. The zero-order valence-corrected chi connectivity index (χ0v) is 12.1. The van der Waals surface area contributed by atoms with Crippen molar-refractivity contribution in [3.63, 3.8) is 0 Å². The quantitative estimate of drug-likeness (QED) is 0.500. The molecule has 0 radical (unpaired) electrons. The molecule has 1 amide bonds. The number of aliphatic carboxylic acids is 1. The number of carboxylic acid groups (broad SMARTS) is 1. The first-order chi connectivity index (χ1) is 8.47. The Morgan fingerprint density at radius 1 is 1.39 bits per heavy atom. The zero-order chi connectivity index (χ0) is 14.0. The standard InChI is InChI=1S/C13H23NO3S/c1-4-5-6-11(13(16)17)14-12(15)9-18-8-7-10(2)3/h4-5,10-11H,6-9H2,1-3H3,(H,14,15)(H,16,17)/b5-4+. The van der Waals surface area contributed by atoms with Crippen LogP contribution in [-0.4, -0.2) is 34.5 Å². The number of hydrogen-bond donors (Lipinski definition) is 2. The number of carbonyl (C=O) groups is 2. The molecule has 0 aliphatic rings. The summed E-state index contributed by atoms with van der Waals surface area (Å²) in [5.41, 5.74) is 0. The number of nitrogens with one attached hydrogen (secondary N) is 1. The fourth-order valence-corrected chi connectivity index (χ4v) is 2.26. The van der Waals surface area contributed by atoms with E-state index in [-0.39, 0.29) is 5.91 Å². The maximum absolute atomic E-state index is 11.5. The van der Waals surface area contributed by atoms with E-state index in [1.54, 1.807) is 23.9 Å². The molecule has 1 unspecified atom stereocenters. The van der Waals surface area contributed by atoms with Gasteiger partial charge in [-0.15, -0.1) is 0 Å². The Hall–Kier alpha value is -0.970. The maximum Gasteiger partial charge on any atom is 0.326 e. The molecule has 0 aromatic rings. The van der Waals surface area contributed by atoms with E-state index in [0.29, 0.717) is 18.1 Å². The monoisotopic (exact) mass is 273 g/mol.